The number of methoxy groups -OCH3 is 1. The molecule has 2 aliphatic rings. The van der Waals surface area contributed by atoms with Crippen LogP contribution in [0, 0.1) is 11.6 Å². The SMILES string of the molecule is COc1ccc2c(c1)/C(=C/CCN1CCC(O)(c3ccc(F)c(F)c3)CC1)c1cccnc1CO2. The van der Waals surface area contributed by atoms with Gasteiger partial charge < -0.3 is 19.5 Å². The van der Waals surface area contributed by atoms with E-state index in [1.54, 1.807) is 13.3 Å². The zero-order chi connectivity index (χ0) is 24.4. The van der Waals surface area contributed by atoms with Crippen molar-refractivity contribution in [3.05, 3.63) is 94.8 Å². The summed E-state index contributed by atoms with van der Waals surface area (Å²) < 4.78 is 38.5. The van der Waals surface area contributed by atoms with Gasteiger partial charge in [0, 0.05) is 37.0 Å². The van der Waals surface area contributed by atoms with Crippen molar-refractivity contribution in [1.82, 2.24) is 9.88 Å². The Kier molecular flexibility index (Phi) is 6.54. The molecule has 7 heteroatoms. The number of pyridine rings is 1. The van der Waals surface area contributed by atoms with Gasteiger partial charge in [-0.3, -0.25) is 4.98 Å². The molecule has 1 fully saturated rings. The van der Waals surface area contributed by atoms with Gasteiger partial charge in [-0.15, -0.1) is 0 Å². The van der Waals surface area contributed by atoms with Crippen molar-refractivity contribution >= 4 is 5.57 Å². The Morgan fingerprint density at radius 1 is 1.09 bits per heavy atom. The zero-order valence-electron chi connectivity index (χ0n) is 19.6. The van der Waals surface area contributed by atoms with Crippen molar-refractivity contribution in [1.29, 1.82) is 0 Å². The molecule has 0 aliphatic carbocycles. The highest BCUT2D eigenvalue weighted by Crippen LogP contribution is 2.39. The number of benzene rings is 2. The molecule has 5 rings (SSSR count). The summed E-state index contributed by atoms with van der Waals surface area (Å²) in [5.74, 6) is -0.269. The van der Waals surface area contributed by atoms with Crippen LogP contribution in [0.25, 0.3) is 5.57 Å². The fourth-order valence-corrected chi connectivity index (χ4v) is 4.89. The molecule has 3 heterocycles. The Balaban J connectivity index is 1.31. The summed E-state index contributed by atoms with van der Waals surface area (Å²) in [6, 6.07) is 13.5. The number of piperidine rings is 1. The molecule has 2 aliphatic heterocycles. The number of hydrogen-bond donors (Lipinski definition) is 1. The molecule has 0 atom stereocenters. The van der Waals surface area contributed by atoms with Crippen LogP contribution in [0.4, 0.5) is 8.78 Å². The van der Waals surface area contributed by atoms with Crippen LogP contribution in [0.5, 0.6) is 11.5 Å². The minimum atomic E-state index is -1.14. The molecule has 1 aromatic heterocycles. The van der Waals surface area contributed by atoms with Crippen molar-refractivity contribution in [2.75, 3.05) is 26.7 Å². The van der Waals surface area contributed by atoms with Gasteiger partial charge in [0.2, 0.25) is 0 Å². The average molecular weight is 479 g/mol. The zero-order valence-corrected chi connectivity index (χ0v) is 19.6. The molecule has 0 bridgehead atoms. The summed E-state index contributed by atoms with van der Waals surface area (Å²) in [5.41, 5.74) is 3.28. The first kappa shape index (κ1) is 23.5. The summed E-state index contributed by atoms with van der Waals surface area (Å²) >= 11 is 0. The molecule has 1 N–H and O–H groups in total. The lowest BCUT2D eigenvalue weighted by molar-refractivity contribution is -0.0257. The number of hydrogen-bond acceptors (Lipinski definition) is 5. The highest BCUT2D eigenvalue weighted by molar-refractivity contribution is 5.85. The molecule has 0 saturated carbocycles. The van der Waals surface area contributed by atoms with Crippen LogP contribution in [-0.2, 0) is 12.2 Å². The summed E-state index contributed by atoms with van der Waals surface area (Å²) in [6.07, 6.45) is 5.72. The molecule has 0 unspecified atom stereocenters. The van der Waals surface area contributed by atoms with E-state index in [-0.39, 0.29) is 0 Å². The maximum atomic E-state index is 13.7. The van der Waals surface area contributed by atoms with E-state index in [4.69, 9.17) is 9.47 Å². The standard InChI is InChI=1S/C28H28F2N2O3/c1-34-20-7-9-27-23(17-20)21(22-4-2-12-31-26(22)18-35-27)5-3-13-32-14-10-28(33,11-15-32)19-6-8-24(29)25(30)16-19/h2,4-9,12,16-17,33H,3,10-11,13-15,18H2,1H3/b21-5+. The molecular formula is C28H28F2N2O3. The normalized spacial score (nSPS) is 18.3. The molecular weight excluding hydrogens is 450 g/mol. The van der Waals surface area contributed by atoms with Crippen LogP contribution in [0.15, 0.2) is 60.8 Å². The number of likely N-dealkylation sites (tertiary alicyclic amines) is 1. The van der Waals surface area contributed by atoms with Gasteiger partial charge in [0.15, 0.2) is 11.6 Å². The van der Waals surface area contributed by atoms with Crippen molar-refractivity contribution in [2.24, 2.45) is 0 Å². The first-order valence-electron chi connectivity index (χ1n) is 11.8. The Morgan fingerprint density at radius 3 is 2.69 bits per heavy atom. The van der Waals surface area contributed by atoms with E-state index in [2.05, 4.69) is 22.0 Å². The molecule has 3 aromatic rings. The van der Waals surface area contributed by atoms with Crippen molar-refractivity contribution < 1.29 is 23.4 Å². The number of fused-ring (bicyclic) bond motifs is 2. The number of nitrogens with zero attached hydrogens (tertiary/aromatic N) is 2. The van der Waals surface area contributed by atoms with Crippen LogP contribution >= 0.6 is 0 Å². The maximum Gasteiger partial charge on any atom is 0.159 e. The van der Waals surface area contributed by atoms with Gasteiger partial charge in [0.1, 0.15) is 18.1 Å². The van der Waals surface area contributed by atoms with Gasteiger partial charge in [0.25, 0.3) is 0 Å². The van der Waals surface area contributed by atoms with E-state index >= 15 is 0 Å². The highest BCUT2D eigenvalue weighted by Gasteiger charge is 2.34. The van der Waals surface area contributed by atoms with Crippen LogP contribution < -0.4 is 9.47 Å². The first-order valence-corrected chi connectivity index (χ1v) is 11.8. The molecule has 0 amide bonds. The van der Waals surface area contributed by atoms with Crippen molar-refractivity contribution in [3.8, 4) is 11.5 Å². The van der Waals surface area contributed by atoms with Gasteiger partial charge in [-0.2, -0.15) is 0 Å². The maximum absolute atomic E-state index is 13.7. The Morgan fingerprint density at radius 2 is 1.91 bits per heavy atom. The minimum Gasteiger partial charge on any atom is -0.497 e. The highest BCUT2D eigenvalue weighted by atomic mass is 19.2. The molecule has 5 nitrogen and oxygen atoms in total. The molecule has 0 radical (unpaired) electrons. The van der Waals surface area contributed by atoms with Crippen LogP contribution in [0.2, 0.25) is 0 Å². The quantitative estimate of drug-likeness (QED) is 0.555. The molecule has 2 aromatic carbocycles. The lowest BCUT2D eigenvalue weighted by Gasteiger charge is -2.38. The topological polar surface area (TPSA) is 54.8 Å². The van der Waals surface area contributed by atoms with E-state index in [0.29, 0.717) is 38.1 Å². The second kappa shape index (κ2) is 9.76. The second-order valence-corrected chi connectivity index (χ2v) is 9.06. The Labute approximate surface area is 203 Å². The second-order valence-electron chi connectivity index (χ2n) is 9.06. The first-order chi connectivity index (χ1) is 17.0. The third-order valence-corrected chi connectivity index (χ3v) is 6.96. The van der Waals surface area contributed by atoms with Gasteiger partial charge in [0.05, 0.1) is 18.4 Å². The van der Waals surface area contributed by atoms with Gasteiger partial charge in [-0.1, -0.05) is 18.2 Å². The van der Waals surface area contributed by atoms with E-state index in [1.165, 1.54) is 6.07 Å². The van der Waals surface area contributed by atoms with Gasteiger partial charge >= 0.3 is 0 Å². The summed E-state index contributed by atoms with van der Waals surface area (Å²) in [4.78, 5) is 6.81. The van der Waals surface area contributed by atoms with Crippen LogP contribution in [0.3, 0.4) is 0 Å². The third kappa shape index (κ3) is 4.79. The van der Waals surface area contributed by atoms with Gasteiger partial charge in [-0.25, -0.2) is 8.78 Å². The minimum absolute atomic E-state index is 0.404. The molecule has 0 spiro atoms. The number of halogens is 2. The Hall–Kier alpha value is -3.29. The van der Waals surface area contributed by atoms with Gasteiger partial charge in [-0.05, 0) is 66.8 Å². The number of rotatable bonds is 5. The summed E-state index contributed by atoms with van der Waals surface area (Å²) in [6.45, 7) is 2.56. The average Bonchev–Trinajstić information content (AvgIpc) is 3.03. The van der Waals surface area contributed by atoms with E-state index < -0.39 is 17.2 Å². The summed E-state index contributed by atoms with van der Waals surface area (Å²) in [5, 5.41) is 11.0. The largest absolute Gasteiger partial charge is 0.497 e. The monoisotopic (exact) mass is 478 g/mol. The van der Waals surface area contributed by atoms with Crippen molar-refractivity contribution in [3.63, 3.8) is 0 Å². The van der Waals surface area contributed by atoms with Crippen LogP contribution in [0.1, 0.15) is 41.6 Å². The lowest BCUT2D eigenvalue weighted by atomic mass is 9.84. The number of aliphatic hydroxyl groups is 1. The van der Waals surface area contributed by atoms with E-state index in [1.807, 2.05) is 24.3 Å². The number of ether oxygens (including phenoxy) is 2. The molecule has 182 valence electrons. The smallest absolute Gasteiger partial charge is 0.159 e. The van der Waals surface area contributed by atoms with Crippen molar-refractivity contribution in [2.45, 2.75) is 31.5 Å². The number of aromatic nitrogens is 1. The van der Waals surface area contributed by atoms with Crippen LogP contribution in [-0.4, -0.2) is 41.7 Å². The summed E-state index contributed by atoms with van der Waals surface area (Å²) in [7, 11) is 1.65. The molecule has 35 heavy (non-hydrogen) atoms. The predicted molar refractivity (Wildman–Crippen MR) is 129 cm³/mol. The Bertz CT molecular complexity index is 1250. The molecule has 1 saturated heterocycles. The van der Waals surface area contributed by atoms with E-state index in [0.717, 1.165) is 59.0 Å². The lowest BCUT2D eigenvalue weighted by Crippen LogP contribution is -2.42. The third-order valence-electron chi connectivity index (χ3n) is 6.96. The van der Waals surface area contributed by atoms with E-state index in [9.17, 15) is 13.9 Å². The fourth-order valence-electron chi connectivity index (χ4n) is 4.89. The predicted octanol–water partition coefficient (Wildman–Crippen LogP) is 5.07. The fraction of sp³-hybridized carbons (Fsp3) is 0.321.